The third-order valence-electron chi connectivity index (χ3n) is 5.41. The molecule has 4 rings (SSSR count). The number of nitrogens with zero attached hydrogens (tertiary/aromatic N) is 4. The number of H-pyrrole nitrogens is 1. The first-order valence-corrected chi connectivity index (χ1v) is 9.02. The summed E-state index contributed by atoms with van der Waals surface area (Å²) in [6, 6.07) is 0. The first kappa shape index (κ1) is 15.4. The molecular weight excluding hydrogens is 302 g/mol. The molecule has 1 aliphatic heterocycles. The van der Waals surface area contributed by atoms with E-state index in [1.807, 2.05) is 18.0 Å². The van der Waals surface area contributed by atoms with E-state index in [0.717, 1.165) is 49.9 Å². The number of aromatic amines is 1. The maximum atomic E-state index is 12.7. The monoisotopic (exact) mass is 327 g/mol. The number of aromatic nitrogens is 4. The van der Waals surface area contributed by atoms with Gasteiger partial charge in [0.15, 0.2) is 5.82 Å². The molecule has 2 aliphatic rings. The molecule has 6 heteroatoms. The Morgan fingerprint density at radius 2 is 2.17 bits per heavy atom. The number of hydrogen-bond acceptors (Lipinski definition) is 3. The highest BCUT2D eigenvalue weighted by molar-refractivity contribution is 5.90. The number of carbonyl (C=O) groups excluding carboxylic acids is 1. The zero-order chi connectivity index (χ0) is 16.5. The molecule has 1 aliphatic carbocycles. The minimum Gasteiger partial charge on any atom is -0.338 e. The van der Waals surface area contributed by atoms with Crippen LogP contribution >= 0.6 is 0 Å². The summed E-state index contributed by atoms with van der Waals surface area (Å²) in [5, 5.41) is 0. The fourth-order valence-corrected chi connectivity index (χ4v) is 3.83. The van der Waals surface area contributed by atoms with Crippen molar-refractivity contribution in [1.82, 2.24) is 24.4 Å². The number of hydrogen-bond donors (Lipinski definition) is 1. The second-order valence-electron chi connectivity index (χ2n) is 7.24. The molecule has 0 radical (unpaired) electrons. The molecule has 3 heterocycles. The third kappa shape index (κ3) is 2.97. The second-order valence-corrected chi connectivity index (χ2v) is 7.24. The Labute approximate surface area is 142 Å². The van der Waals surface area contributed by atoms with Gasteiger partial charge in [0.25, 0.3) is 5.91 Å². The predicted molar refractivity (Wildman–Crippen MR) is 90.8 cm³/mol. The summed E-state index contributed by atoms with van der Waals surface area (Å²) >= 11 is 0. The van der Waals surface area contributed by atoms with E-state index >= 15 is 0 Å². The van der Waals surface area contributed by atoms with Crippen molar-refractivity contribution in [3.8, 4) is 0 Å². The SMILES string of the molecule is Cc1cnc(C(=O)N2CCC[C@H](c3nccn3CC3CCC3)C2)[nH]1. The molecule has 0 spiro atoms. The number of imidazole rings is 2. The van der Waals surface area contributed by atoms with Crippen molar-refractivity contribution in [2.45, 2.75) is 51.5 Å². The average molecular weight is 327 g/mol. The molecule has 1 amide bonds. The number of carbonyl (C=O) groups is 1. The van der Waals surface area contributed by atoms with Gasteiger partial charge < -0.3 is 14.5 Å². The molecular formula is C18H25N5O. The Hall–Kier alpha value is -2.11. The van der Waals surface area contributed by atoms with E-state index in [1.54, 1.807) is 6.20 Å². The molecule has 2 aromatic heterocycles. The van der Waals surface area contributed by atoms with Gasteiger partial charge in [-0.15, -0.1) is 0 Å². The van der Waals surface area contributed by atoms with Crippen LogP contribution in [-0.4, -0.2) is 43.4 Å². The van der Waals surface area contributed by atoms with Crippen molar-refractivity contribution in [3.05, 3.63) is 35.9 Å². The van der Waals surface area contributed by atoms with Crippen LogP contribution in [0.1, 0.15) is 60.2 Å². The highest BCUT2D eigenvalue weighted by Crippen LogP contribution is 2.31. The van der Waals surface area contributed by atoms with Gasteiger partial charge in [0, 0.05) is 49.8 Å². The van der Waals surface area contributed by atoms with E-state index in [2.05, 4.69) is 25.7 Å². The van der Waals surface area contributed by atoms with Crippen molar-refractivity contribution < 1.29 is 4.79 Å². The lowest BCUT2D eigenvalue weighted by molar-refractivity contribution is 0.0691. The van der Waals surface area contributed by atoms with Crippen LogP contribution in [0, 0.1) is 12.8 Å². The highest BCUT2D eigenvalue weighted by Gasteiger charge is 2.29. The van der Waals surface area contributed by atoms with Crippen molar-refractivity contribution in [1.29, 1.82) is 0 Å². The number of likely N-dealkylation sites (tertiary alicyclic amines) is 1. The molecule has 0 aromatic carbocycles. The normalized spacial score (nSPS) is 21.7. The van der Waals surface area contributed by atoms with Gasteiger partial charge in [-0.1, -0.05) is 6.42 Å². The van der Waals surface area contributed by atoms with Gasteiger partial charge in [0.1, 0.15) is 5.82 Å². The lowest BCUT2D eigenvalue weighted by Crippen LogP contribution is -2.40. The van der Waals surface area contributed by atoms with E-state index in [1.165, 1.54) is 19.3 Å². The second kappa shape index (κ2) is 6.42. The van der Waals surface area contributed by atoms with Crippen LogP contribution in [0.3, 0.4) is 0 Å². The van der Waals surface area contributed by atoms with Crippen LogP contribution < -0.4 is 0 Å². The summed E-state index contributed by atoms with van der Waals surface area (Å²) in [6.45, 7) is 4.54. The molecule has 0 unspecified atom stereocenters. The van der Waals surface area contributed by atoms with E-state index in [4.69, 9.17) is 0 Å². The molecule has 1 N–H and O–H groups in total. The maximum absolute atomic E-state index is 12.7. The van der Waals surface area contributed by atoms with Crippen LogP contribution in [0.5, 0.6) is 0 Å². The van der Waals surface area contributed by atoms with Gasteiger partial charge in [-0.05, 0) is 38.5 Å². The van der Waals surface area contributed by atoms with E-state index in [0.29, 0.717) is 11.7 Å². The van der Waals surface area contributed by atoms with E-state index in [9.17, 15) is 4.79 Å². The summed E-state index contributed by atoms with van der Waals surface area (Å²) in [5.74, 6) is 2.74. The molecule has 128 valence electrons. The number of rotatable bonds is 4. The number of aryl methyl sites for hydroxylation is 1. The Bertz CT molecular complexity index is 715. The summed E-state index contributed by atoms with van der Waals surface area (Å²) in [6.07, 6.45) is 11.9. The summed E-state index contributed by atoms with van der Waals surface area (Å²) in [5.41, 5.74) is 0.919. The summed E-state index contributed by atoms with van der Waals surface area (Å²) in [7, 11) is 0. The van der Waals surface area contributed by atoms with Crippen LogP contribution in [0.25, 0.3) is 0 Å². The first-order valence-electron chi connectivity index (χ1n) is 9.02. The minimum absolute atomic E-state index is 0.00454. The van der Waals surface area contributed by atoms with Crippen molar-refractivity contribution in [2.24, 2.45) is 5.92 Å². The number of piperidine rings is 1. The lowest BCUT2D eigenvalue weighted by Gasteiger charge is -2.33. The lowest BCUT2D eigenvalue weighted by atomic mass is 9.85. The average Bonchev–Trinajstić information content (AvgIpc) is 3.19. The summed E-state index contributed by atoms with van der Waals surface area (Å²) < 4.78 is 2.32. The summed E-state index contributed by atoms with van der Waals surface area (Å²) in [4.78, 5) is 26.4. The van der Waals surface area contributed by atoms with Crippen LogP contribution in [0.4, 0.5) is 0 Å². The molecule has 2 fully saturated rings. The molecule has 0 bridgehead atoms. The van der Waals surface area contributed by atoms with Gasteiger partial charge >= 0.3 is 0 Å². The fraction of sp³-hybridized carbons (Fsp3) is 0.611. The zero-order valence-corrected chi connectivity index (χ0v) is 14.2. The smallest absolute Gasteiger partial charge is 0.289 e. The standard InChI is InChI=1S/C18H25N5O/c1-13-10-20-16(21-13)18(24)23-8-3-6-15(12-23)17-19-7-9-22(17)11-14-4-2-5-14/h7,9-10,14-15H,2-6,8,11-12H2,1H3,(H,20,21)/t15-/m0/s1. The van der Waals surface area contributed by atoms with Gasteiger partial charge in [0.05, 0.1) is 0 Å². The Morgan fingerprint density at radius 3 is 2.88 bits per heavy atom. The highest BCUT2D eigenvalue weighted by atomic mass is 16.2. The van der Waals surface area contributed by atoms with Crippen molar-refractivity contribution in [3.63, 3.8) is 0 Å². The largest absolute Gasteiger partial charge is 0.338 e. The number of nitrogens with one attached hydrogen (secondary N) is 1. The Kier molecular flexibility index (Phi) is 4.12. The minimum atomic E-state index is 0.00454. The maximum Gasteiger partial charge on any atom is 0.289 e. The van der Waals surface area contributed by atoms with Gasteiger partial charge in [0.2, 0.25) is 0 Å². The molecule has 6 nitrogen and oxygen atoms in total. The molecule has 1 saturated carbocycles. The van der Waals surface area contributed by atoms with Crippen molar-refractivity contribution >= 4 is 5.91 Å². The van der Waals surface area contributed by atoms with Gasteiger partial charge in [-0.25, -0.2) is 9.97 Å². The Balaban J connectivity index is 1.47. The molecule has 2 aromatic rings. The fourth-order valence-electron chi connectivity index (χ4n) is 3.83. The number of amides is 1. The van der Waals surface area contributed by atoms with Gasteiger partial charge in [-0.2, -0.15) is 0 Å². The Morgan fingerprint density at radius 1 is 1.29 bits per heavy atom. The van der Waals surface area contributed by atoms with E-state index < -0.39 is 0 Å². The van der Waals surface area contributed by atoms with E-state index in [-0.39, 0.29) is 5.91 Å². The zero-order valence-electron chi connectivity index (χ0n) is 14.2. The quantitative estimate of drug-likeness (QED) is 0.939. The van der Waals surface area contributed by atoms with Crippen molar-refractivity contribution in [2.75, 3.05) is 13.1 Å². The van der Waals surface area contributed by atoms with Crippen LogP contribution in [0.2, 0.25) is 0 Å². The topological polar surface area (TPSA) is 66.8 Å². The van der Waals surface area contributed by atoms with Crippen LogP contribution in [0.15, 0.2) is 18.6 Å². The molecule has 1 atom stereocenters. The predicted octanol–water partition coefficient (Wildman–Crippen LogP) is 2.73. The molecule has 24 heavy (non-hydrogen) atoms. The first-order chi connectivity index (χ1) is 11.7. The van der Waals surface area contributed by atoms with Gasteiger partial charge in [-0.3, -0.25) is 4.79 Å². The van der Waals surface area contributed by atoms with Crippen LogP contribution in [-0.2, 0) is 6.54 Å². The third-order valence-corrected chi connectivity index (χ3v) is 5.41. The molecule has 1 saturated heterocycles.